The average Bonchev–Trinajstić information content (AvgIpc) is 1.94. The van der Waals surface area contributed by atoms with Crippen LogP contribution in [0.3, 0.4) is 0 Å². The molecule has 0 unspecified atom stereocenters. The van der Waals surface area contributed by atoms with Crippen LogP contribution in [-0.4, -0.2) is 4.92 Å². The second-order valence-corrected chi connectivity index (χ2v) is 2.37. The number of nitro benzene ring substituents is 1. The molecule has 0 atom stereocenters. The molecule has 66 valence electrons. The van der Waals surface area contributed by atoms with Crippen molar-refractivity contribution in [1.82, 2.24) is 0 Å². The Balaban J connectivity index is 0.00000121. The zero-order valence-electron chi connectivity index (χ0n) is 6.58. The van der Waals surface area contributed by atoms with Crippen molar-refractivity contribution in [3.05, 3.63) is 33.9 Å². The van der Waals surface area contributed by atoms with E-state index in [0.717, 1.165) is 5.56 Å². The molecule has 0 aliphatic carbocycles. The summed E-state index contributed by atoms with van der Waals surface area (Å²) in [6, 6.07) is 4.64. The number of non-ortho nitro benzene ring substituents is 1. The first kappa shape index (κ1) is 10.9. The van der Waals surface area contributed by atoms with Crippen LogP contribution in [0.5, 0.6) is 0 Å². The number of nitro groups is 1. The van der Waals surface area contributed by atoms with Crippen LogP contribution in [-0.2, 0) is 0 Å². The summed E-state index contributed by atoms with van der Waals surface area (Å²) < 4.78 is 0. The van der Waals surface area contributed by atoms with E-state index in [9.17, 15) is 10.1 Å². The van der Waals surface area contributed by atoms with Crippen molar-refractivity contribution in [3.8, 4) is 0 Å². The number of benzene rings is 1. The molecule has 12 heavy (non-hydrogen) atoms. The minimum Gasteiger partial charge on any atom is -1.00 e. The van der Waals surface area contributed by atoms with E-state index < -0.39 is 4.92 Å². The van der Waals surface area contributed by atoms with Crippen LogP contribution < -0.4 is 18.1 Å². The van der Waals surface area contributed by atoms with Gasteiger partial charge in [0.05, 0.1) is 11.0 Å². The zero-order valence-corrected chi connectivity index (χ0v) is 7.34. The Morgan fingerprint density at radius 1 is 1.50 bits per heavy atom. The molecule has 0 saturated carbocycles. The molecule has 1 aromatic carbocycles. The fraction of sp³-hybridized carbons (Fsp3) is 0.143. The van der Waals surface area contributed by atoms with Gasteiger partial charge in [0.2, 0.25) is 0 Å². The molecule has 0 fully saturated rings. The smallest absolute Gasteiger partial charge is 0.275 e. The van der Waals surface area contributed by atoms with Crippen molar-refractivity contribution in [3.63, 3.8) is 0 Å². The molecular weight excluding hydrogens is 180 g/mol. The molecule has 0 aliphatic heterocycles. The summed E-state index contributed by atoms with van der Waals surface area (Å²) in [5.74, 6) is 0. The Bertz CT molecular complexity index is 301. The third kappa shape index (κ3) is 2.18. The van der Waals surface area contributed by atoms with Crippen LogP contribution in [0.25, 0.3) is 0 Å². The maximum atomic E-state index is 10.2. The lowest BCUT2D eigenvalue weighted by Crippen LogP contribution is -3.00. The van der Waals surface area contributed by atoms with Gasteiger partial charge in [-0.05, 0) is 13.0 Å². The molecule has 0 bridgehead atoms. The minimum atomic E-state index is -0.422. The number of rotatable bonds is 1. The molecule has 0 heterocycles. The van der Waals surface area contributed by atoms with Crippen molar-refractivity contribution >= 4 is 11.4 Å². The van der Waals surface area contributed by atoms with Crippen molar-refractivity contribution in [2.45, 2.75) is 6.92 Å². The predicted molar refractivity (Wildman–Crippen MR) is 40.4 cm³/mol. The lowest BCUT2D eigenvalue weighted by atomic mass is 10.2. The van der Waals surface area contributed by atoms with E-state index >= 15 is 0 Å². The fourth-order valence-electron chi connectivity index (χ4n) is 0.771. The van der Waals surface area contributed by atoms with E-state index in [1.54, 1.807) is 6.07 Å². The maximum absolute atomic E-state index is 10.2. The first-order chi connectivity index (χ1) is 5.11. The number of quaternary nitrogens is 1. The first-order valence-electron chi connectivity index (χ1n) is 3.18. The van der Waals surface area contributed by atoms with E-state index in [1.807, 2.05) is 6.92 Å². The van der Waals surface area contributed by atoms with Gasteiger partial charge in [-0.15, -0.1) is 0 Å². The highest BCUT2D eigenvalue weighted by Gasteiger charge is 2.07. The zero-order chi connectivity index (χ0) is 8.43. The van der Waals surface area contributed by atoms with Crippen LogP contribution in [0.1, 0.15) is 5.56 Å². The van der Waals surface area contributed by atoms with Crippen molar-refractivity contribution in [2.75, 3.05) is 0 Å². The molecule has 1 rings (SSSR count). The molecule has 0 spiro atoms. The largest absolute Gasteiger partial charge is 1.00 e. The van der Waals surface area contributed by atoms with Gasteiger partial charge < -0.3 is 18.1 Å². The Kier molecular flexibility index (Phi) is 3.66. The Morgan fingerprint density at radius 2 is 2.08 bits per heavy atom. The number of halogens is 1. The number of hydrogen-bond donors (Lipinski definition) is 1. The van der Waals surface area contributed by atoms with Gasteiger partial charge in [-0.1, -0.05) is 0 Å². The monoisotopic (exact) mass is 188 g/mol. The van der Waals surface area contributed by atoms with Gasteiger partial charge in [0.1, 0.15) is 5.69 Å². The van der Waals surface area contributed by atoms with Crippen molar-refractivity contribution < 1.29 is 23.1 Å². The van der Waals surface area contributed by atoms with Gasteiger partial charge in [0.15, 0.2) is 0 Å². The Labute approximate surface area is 75.9 Å². The van der Waals surface area contributed by atoms with E-state index in [-0.39, 0.29) is 18.1 Å². The van der Waals surface area contributed by atoms with Gasteiger partial charge in [-0.2, -0.15) is 0 Å². The number of nitrogens with zero attached hydrogens (tertiary/aromatic N) is 1. The summed E-state index contributed by atoms with van der Waals surface area (Å²) in [5, 5.41) is 10.2. The Hall–Kier alpha value is -1.13. The third-order valence-electron chi connectivity index (χ3n) is 1.54. The van der Waals surface area contributed by atoms with E-state index in [1.165, 1.54) is 12.1 Å². The maximum Gasteiger partial charge on any atom is 0.275 e. The quantitative estimate of drug-likeness (QED) is 0.401. The lowest BCUT2D eigenvalue weighted by molar-refractivity contribution is -0.385. The summed E-state index contributed by atoms with van der Waals surface area (Å²) >= 11 is 0. The van der Waals surface area contributed by atoms with E-state index in [2.05, 4.69) is 5.73 Å². The predicted octanol–water partition coefficient (Wildman–Crippen LogP) is -2.22. The first-order valence-corrected chi connectivity index (χ1v) is 3.18. The average molecular weight is 189 g/mol. The summed E-state index contributed by atoms with van der Waals surface area (Å²) in [6.07, 6.45) is 0. The molecule has 0 saturated heterocycles. The lowest BCUT2D eigenvalue weighted by Gasteiger charge is -1.93. The molecule has 0 aromatic heterocycles. The summed E-state index contributed by atoms with van der Waals surface area (Å²) in [7, 11) is 0. The van der Waals surface area contributed by atoms with Crippen molar-refractivity contribution in [2.24, 2.45) is 0 Å². The number of hydrogen-bond acceptors (Lipinski definition) is 2. The topological polar surface area (TPSA) is 70.8 Å². The molecule has 5 heteroatoms. The van der Waals surface area contributed by atoms with E-state index in [4.69, 9.17) is 0 Å². The van der Waals surface area contributed by atoms with Gasteiger partial charge in [0.25, 0.3) is 5.69 Å². The van der Waals surface area contributed by atoms with Gasteiger partial charge in [-0.25, -0.2) is 0 Å². The number of aryl methyl sites for hydroxylation is 1. The second-order valence-electron chi connectivity index (χ2n) is 2.37. The normalized spacial score (nSPS) is 8.83. The standard InChI is InChI=1S/C7H8N2O2.ClH/c1-5-2-3-6(9(10)11)4-7(5)8;/h2-4H,8H2,1H3;1H. The van der Waals surface area contributed by atoms with Gasteiger partial charge in [-0.3, -0.25) is 10.1 Å². The molecule has 3 N–H and O–H groups in total. The van der Waals surface area contributed by atoms with Crippen LogP contribution in [0, 0.1) is 17.0 Å². The molecular formula is C7H9ClN2O2. The van der Waals surface area contributed by atoms with Crippen LogP contribution >= 0.6 is 0 Å². The highest BCUT2D eigenvalue weighted by molar-refractivity contribution is 5.47. The SMILES string of the molecule is Cc1ccc([N+](=O)[O-])cc1[NH3+].[Cl-]. The molecule has 0 radical (unpaired) electrons. The van der Waals surface area contributed by atoms with Crippen LogP contribution in [0.2, 0.25) is 0 Å². The fourth-order valence-corrected chi connectivity index (χ4v) is 0.771. The summed E-state index contributed by atoms with van der Waals surface area (Å²) in [4.78, 5) is 9.82. The van der Waals surface area contributed by atoms with E-state index in [0.29, 0.717) is 5.69 Å². The minimum absolute atomic E-state index is 0. The van der Waals surface area contributed by atoms with Gasteiger partial charge in [0, 0.05) is 11.6 Å². The second kappa shape index (κ2) is 4.04. The molecule has 1 aromatic rings. The van der Waals surface area contributed by atoms with Gasteiger partial charge >= 0.3 is 0 Å². The molecule has 0 amide bonds. The summed E-state index contributed by atoms with van der Waals surface area (Å²) in [6.45, 7) is 1.87. The summed E-state index contributed by atoms with van der Waals surface area (Å²) in [5.41, 5.74) is 5.43. The molecule has 0 aliphatic rings. The highest BCUT2D eigenvalue weighted by Crippen LogP contribution is 2.16. The third-order valence-corrected chi connectivity index (χ3v) is 1.54. The van der Waals surface area contributed by atoms with Crippen molar-refractivity contribution in [1.29, 1.82) is 0 Å². The van der Waals surface area contributed by atoms with Crippen LogP contribution in [0.4, 0.5) is 11.4 Å². The highest BCUT2D eigenvalue weighted by atomic mass is 35.5. The Morgan fingerprint density at radius 3 is 2.50 bits per heavy atom. The molecule has 4 nitrogen and oxygen atoms in total. The van der Waals surface area contributed by atoms with Crippen LogP contribution in [0.15, 0.2) is 18.2 Å².